The fourth-order valence-corrected chi connectivity index (χ4v) is 2.37. The van der Waals surface area contributed by atoms with Crippen LogP contribution in [-0.2, 0) is 0 Å². The Labute approximate surface area is 122 Å². The van der Waals surface area contributed by atoms with Crippen LogP contribution in [0.3, 0.4) is 0 Å². The number of nitrogens with two attached hydrogens (primary N) is 1. The van der Waals surface area contributed by atoms with Crippen LogP contribution in [0.5, 0.6) is 0 Å². The maximum Gasteiger partial charge on any atom is 0.289 e. The maximum atomic E-state index is 12.1. The van der Waals surface area contributed by atoms with E-state index in [1.807, 2.05) is 6.92 Å². The molecule has 19 heavy (non-hydrogen) atoms. The molecule has 2 heterocycles. The lowest BCUT2D eigenvalue weighted by Crippen LogP contribution is -2.53. The molecule has 1 saturated heterocycles. The molecule has 1 fully saturated rings. The topological polar surface area (TPSA) is 62.7 Å². The maximum absolute atomic E-state index is 12.1. The first kappa shape index (κ1) is 14.3. The number of halogens is 1. The number of nitrogens with zero attached hydrogens (tertiary/aromatic N) is 2. The Morgan fingerprint density at radius 3 is 2.53 bits per heavy atom. The first-order valence-electron chi connectivity index (χ1n) is 6.07. The van der Waals surface area contributed by atoms with E-state index in [0.29, 0.717) is 18.1 Å². The van der Waals surface area contributed by atoms with Crippen molar-refractivity contribution in [3.05, 3.63) is 23.1 Å². The average Bonchev–Trinajstić information content (AvgIpc) is 2.84. The summed E-state index contributed by atoms with van der Waals surface area (Å²) in [4.78, 5) is 16.5. The van der Waals surface area contributed by atoms with Crippen molar-refractivity contribution in [1.82, 2.24) is 9.80 Å². The predicted octanol–water partition coefficient (Wildman–Crippen LogP) is 1.37. The zero-order valence-corrected chi connectivity index (χ0v) is 12.2. The molecule has 2 rings (SSSR count). The van der Waals surface area contributed by atoms with Gasteiger partial charge in [0.05, 0.1) is 11.0 Å². The van der Waals surface area contributed by atoms with Gasteiger partial charge in [0.25, 0.3) is 5.91 Å². The van der Waals surface area contributed by atoms with Gasteiger partial charge in [0.2, 0.25) is 0 Å². The smallest absolute Gasteiger partial charge is 0.289 e. The van der Waals surface area contributed by atoms with Crippen molar-refractivity contribution in [2.24, 2.45) is 5.73 Å². The minimum atomic E-state index is -0.130. The van der Waals surface area contributed by atoms with Gasteiger partial charge in [-0.25, -0.2) is 0 Å². The van der Waals surface area contributed by atoms with E-state index in [2.05, 4.69) is 4.90 Å². The third kappa shape index (κ3) is 3.26. The highest BCUT2D eigenvalue weighted by Crippen LogP contribution is 2.16. The largest absolute Gasteiger partial charge is 0.440 e. The van der Waals surface area contributed by atoms with Crippen LogP contribution in [0.15, 0.2) is 16.5 Å². The molecule has 1 aromatic rings. The first-order chi connectivity index (χ1) is 8.99. The molecule has 1 unspecified atom stereocenters. The Morgan fingerprint density at radius 1 is 1.42 bits per heavy atom. The molecule has 0 aromatic carbocycles. The Kier molecular flexibility index (Phi) is 4.44. The Morgan fingerprint density at radius 2 is 2.05 bits per heavy atom. The fourth-order valence-electron chi connectivity index (χ4n) is 2.08. The first-order valence-corrected chi connectivity index (χ1v) is 6.85. The van der Waals surface area contributed by atoms with Gasteiger partial charge in [0, 0.05) is 26.2 Å². The van der Waals surface area contributed by atoms with E-state index in [-0.39, 0.29) is 22.9 Å². The van der Waals surface area contributed by atoms with Crippen molar-refractivity contribution in [2.45, 2.75) is 13.0 Å². The number of hydrogen-bond donors (Lipinski definition) is 1. The van der Waals surface area contributed by atoms with Crippen molar-refractivity contribution in [2.75, 3.05) is 26.2 Å². The molecule has 1 atom stereocenters. The summed E-state index contributed by atoms with van der Waals surface area (Å²) in [7, 11) is 0. The lowest BCUT2D eigenvalue weighted by atomic mass is 10.2. The number of amides is 1. The molecule has 1 aliphatic rings. The molecule has 5 nitrogen and oxygen atoms in total. The lowest BCUT2D eigenvalue weighted by molar-refractivity contribution is 0.0591. The number of furan rings is 1. The van der Waals surface area contributed by atoms with E-state index in [1.54, 1.807) is 17.0 Å². The monoisotopic (exact) mass is 301 g/mol. The highest BCUT2D eigenvalue weighted by Gasteiger charge is 2.26. The number of carbonyl (C=O) groups excluding carboxylic acids is 1. The van der Waals surface area contributed by atoms with Crippen molar-refractivity contribution in [3.63, 3.8) is 0 Å². The van der Waals surface area contributed by atoms with Gasteiger partial charge in [-0.1, -0.05) is 12.2 Å². The van der Waals surface area contributed by atoms with Gasteiger partial charge in [0.15, 0.2) is 11.0 Å². The highest BCUT2D eigenvalue weighted by molar-refractivity contribution is 7.80. The number of piperazine rings is 1. The normalized spacial score (nSPS) is 18.3. The van der Waals surface area contributed by atoms with E-state index in [4.69, 9.17) is 34.0 Å². The third-order valence-electron chi connectivity index (χ3n) is 3.34. The second-order valence-corrected chi connectivity index (χ2v) is 5.35. The van der Waals surface area contributed by atoms with Gasteiger partial charge in [-0.15, -0.1) is 0 Å². The number of hydrogen-bond acceptors (Lipinski definition) is 4. The summed E-state index contributed by atoms with van der Waals surface area (Å²) in [6, 6.07) is 3.22. The van der Waals surface area contributed by atoms with Crippen molar-refractivity contribution in [1.29, 1.82) is 0 Å². The van der Waals surface area contributed by atoms with Crippen LogP contribution in [0.1, 0.15) is 17.5 Å². The Bertz CT molecular complexity index is 483. The zero-order valence-electron chi connectivity index (χ0n) is 10.6. The molecule has 104 valence electrons. The predicted molar refractivity (Wildman–Crippen MR) is 77.4 cm³/mol. The second kappa shape index (κ2) is 5.90. The summed E-state index contributed by atoms with van der Waals surface area (Å²) in [6.45, 7) is 4.73. The summed E-state index contributed by atoms with van der Waals surface area (Å²) in [5.41, 5.74) is 5.63. The SMILES string of the molecule is CC(C(N)=S)N1CCN(C(=O)c2ccc(Cl)o2)CC1. The average molecular weight is 302 g/mol. The van der Waals surface area contributed by atoms with Gasteiger partial charge in [-0.05, 0) is 30.7 Å². The molecule has 0 saturated carbocycles. The zero-order chi connectivity index (χ0) is 14.0. The van der Waals surface area contributed by atoms with E-state index in [1.165, 1.54) is 0 Å². The van der Waals surface area contributed by atoms with Gasteiger partial charge < -0.3 is 15.1 Å². The molecule has 1 aromatic heterocycles. The number of rotatable bonds is 3. The third-order valence-corrected chi connectivity index (χ3v) is 3.89. The molecule has 0 spiro atoms. The molecule has 0 radical (unpaired) electrons. The van der Waals surface area contributed by atoms with Crippen molar-refractivity contribution in [3.8, 4) is 0 Å². The standard InChI is InChI=1S/C12H16ClN3O2S/c1-8(11(14)19)15-4-6-16(7-5-15)12(17)9-2-3-10(13)18-9/h2-3,8H,4-7H2,1H3,(H2,14,19). The molecule has 1 amide bonds. The van der Waals surface area contributed by atoms with Crippen LogP contribution in [-0.4, -0.2) is 52.9 Å². The molecule has 2 N–H and O–H groups in total. The van der Waals surface area contributed by atoms with Gasteiger partial charge >= 0.3 is 0 Å². The summed E-state index contributed by atoms with van der Waals surface area (Å²) >= 11 is 10.7. The molecular weight excluding hydrogens is 286 g/mol. The number of carbonyl (C=O) groups is 1. The van der Waals surface area contributed by atoms with Crippen molar-refractivity contribution < 1.29 is 9.21 Å². The van der Waals surface area contributed by atoms with Crippen LogP contribution in [0.2, 0.25) is 5.22 Å². The molecular formula is C12H16ClN3O2S. The van der Waals surface area contributed by atoms with E-state index < -0.39 is 0 Å². The minimum absolute atomic E-state index is 0.0605. The van der Waals surface area contributed by atoms with Crippen LogP contribution in [0, 0.1) is 0 Å². The van der Waals surface area contributed by atoms with Gasteiger partial charge in [0.1, 0.15) is 0 Å². The van der Waals surface area contributed by atoms with E-state index in [9.17, 15) is 4.79 Å². The van der Waals surface area contributed by atoms with Crippen LogP contribution in [0.25, 0.3) is 0 Å². The summed E-state index contributed by atoms with van der Waals surface area (Å²) in [5, 5.41) is 0.226. The number of thiocarbonyl (C=S) groups is 1. The molecule has 1 aliphatic heterocycles. The van der Waals surface area contributed by atoms with Gasteiger partial charge in [-0.3, -0.25) is 9.69 Å². The van der Waals surface area contributed by atoms with Crippen LogP contribution < -0.4 is 5.73 Å². The van der Waals surface area contributed by atoms with Crippen molar-refractivity contribution >= 4 is 34.7 Å². The fraction of sp³-hybridized carbons (Fsp3) is 0.500. The molecule has 0 bridgehead atoms. The Hall–Kier alpha value is -1.11. The van der Waals surface area contributed by atoms with E-state index in [0.717, 1.165) is 13.1 Å². The second-order valence-electron chi connectivity index (χ2n) is 4.51. The highest BCUT2D eigenvalue weighted by atomic mass is 35.5. The quantitative estimate of drug-likeness (QED) is 0.854. The Balaban J connectivity index is 1.93. The molecule has 7 heteroatoms. The van der Waals surface area contributed by atoms with Crippen LogP contribution >= 0.6 is 23.8 Å². The summed E-state index contributed by atoms with van der Waals surface area (Å²) in [5.74, 6) is 0.148. The van der Waals surface area contributed by atoms with Crippen LogP contribution in [0.4, 0.5) is 0 Å². The summed E-state index contributed by atoms with van der Waals surface area (Å²) in [6.07, 6.45) is 0. The summed E-state index contributed by atoms with van der Waals surface area (Å²) < 4.78 is 5.13. The molecule has 0 aliphatic carbocycles. The van der Waals surface area contributed by atoms with E-state index >= 15 is 0 Å². The van der Waals surface area contributed by atoms with Gasteiger partial charge in [-0.2, -0.15) is 0 Å². The lowest BCUT2D eigenvalue weighted by Gasteiger charge is -2.37. The minimum Gasteiger partial charge on any atom is -0.440 e.